The van der Waals surface area contributed by atoms with Gasteiger partial charge in [-0.05, 0) is 18.6 Å². The Morgan fingerprint density at radius 3 is 3.12 bits per heavy atom. The van der Waals surface area contributed by atoms with Crippen molar-refractivity contribution in [2.45, 2.75) is 19.4 Å². The van der Waals surface area contributed by atoms with Crippen LogP contribution in [0.15, 0.2) is 18.2 Å². The van der Waals surface area contributed by atoms with Gasteiger partial charge in [-0.1, -0.05) is 13.0 Å². The van der Waals surface area contributed by atoms with E-state index in [1.165, 1.54) is 6.07 Å². The van der Waals surface area contributed by atoms with Crippen LogP contribution in [0.4, 0.5) is 10.1 Å². The van der Waals surface area contributed by atoms with E-state index in [0.717, 1.165) is 6.42 Å². The van der Waals surface area contributed by atoms with Crippen molar-refractivity contribution in [3.63, 3.8) is 0 Å². The van der Waals surface area contributed by atoms with Gasteiger partial charge in [0, 0.05) is 13.1 Å². The molecular formula is C13H15FN2O. The standard InChI is InChI=1S/C13H15FN2O/c1-2-10-9-16(6-7-17-10)13-5-3-4-12(14)11(13)8-15/h3-5,10H,2,6-7,9H2,1H3. The second-order valence-corrected chi connectivity index (χ2v) is 4.09. The maximum atomic E-state index is 13.5. The molecule has 3 nitrogen and oxygen atoms in total. The van der Waals surface area contributed by atoms with Crippen molar-refractivity contribution in [2.24, 2.45) is 0 Å². The van der Waals surface area contributed by atoms with Gasteiger partial charge in [0.25, 0.3) is 0 Å². The molecule has 1 atom stereocenters. The van der Waals surface area contributed by atoms with E-state index in [1.807, 2.05) is 11.0 Å². The molecule has 2 rings (SSSR count). The summed E-state index contributed by atoms with van der Waals surface area (Å²) in [6.07, 6.45) is 1.09. The molecule has 0 aliphatic carbocycles. The summed E-state index contributed by atoms with van der Waals surface area (Å²) >= 11 is 0. The van der Waals surface area contributed by atoms with Gasteiger partial charge >= 0.3 is 0 Å². The first kappa shape index (κ1) is 11.9. The van der Waals surface area contributed by atoms with Crippen LogP contribution in [-0.4, -0.2) is 25.8 Å². The summed E-state index contributed by atoms with van der Waals surface area (Å²) in [5.74, 6) is -0.454. The lowest BCUT2D eigenvalue weighted by Gasteiger charge is -2.34. The van der Waals surface area contributed by atoms with Crippen LogP contribution in [0.3, 0.4) is 0 Å². The molecule has 1 aliphatic heterocycles. The predicted octanol–water partition coefficient (Wildman–Crippen LogP) is 2.31. The zero-order valence-electron chi connectivity index (χ0n) is 9.82. The minimum absolute atomic E-state index is 0.129. The van der Waals surface area contributed by atoms with Gasteiger partial charge in [0.05, 0.1) is 18.4 Å². The van der Waals surface area contributed by atoms with Crippen LogP contribution in [0.25, 0.3) is 0 Å². The molecule has 0 amide bonds. The predicted molar refractivity (Wildman–Crippen MR) is 63.4 cm³/mol. The zero-order chi connectivity index (χ0) is 12.3. The lowest BCUT2D eigenvalue weighted by Crippen LogP contribution is -2.42. The third-order valence-electron chi connectivity index (χ3n) is 3.04. The van der Waals surface area contributed by atoms with Gasteiger partial charge in [0.2, 0.25) is 0 Å². The molecule has 0 saturated carbocycles. The first-order valence-electron chi connectivity index (χ1n) is 5.81. The first-order chi connectivity index (χ1) is 8.26. The van der Waals surface area contributed by atoms with Crippen LogP contribution in [0.1, 0.15) is 18.9 Å². The van der Waals surface area contributed by atoms with Gasteiger partial charge in [0.15, 0.2) is 0 Å². The van der Waals surface area contributed by atoms with E-state index < -0.39 is 5.82 Å². The van der Waals surface area contributed by atoms with Crippen LogP contribution in [0.5, 0.6) is 0 Å². The fraction of sp³-hybridized carbons (Fsp3) is 0.462. The largest absolute Gasteiger partial charge is 0.375 e. The van der Waals surface area contributed by atoms with E-state index in [0.29, 0.717) is 25.4 Å². The monoisotopic (exact) mass is 234 g/mol. The second-order valence-electron chi connectivity index (χ2n) is 4.09. The number of halogens is 1. The Bertz CT molecular complexity index is 442. The Kier molecular flexibility index (Phi) is 3.60. The van der Waals surface area contributed by atoms with Crippen molar-refractivity contribution in [1.82, 2.24) is 0 Å². The topological polar surface area (TPSA) is 36.3 Å². The van der Waals surface area contributed by atoms with Gasteiger partial charge in [-0.2, -0.15) is 5.26 Å². The van der Waals surface area contributed by atoms with E-state index in [-0.39, 0.29) is 11.7 Å². The van der Waals surface area contributed by atoms with Crippen LogP contribution < -0.4 is 4.90 Å². The van der Waals surface area contributed by atoms with E-state index in [1.54, 1.807) is 12.1 Å². The molecule has 1 saturated heterocycles. The molecule has 4 heteroatoms. The van der Waals surface area contributed by atoms with E-state index >= 15 is 0 Å². The smallest absolute Gasteiger partial charge is 0.143 e. The molecule has 0 N–H and O–H groups in total. The average molecular weight is 234 g/mol. The maximum Gasteiger partial charge on any atom is 0.143 e. The van der Waals surface area contributed by atoms with Crippen LogP contribution >= 0.6 is 0 Å². The number of ether oxygens (including phenoxy) is 1. The molecule has 90 valence electrons. The Labute approximate surface area is 100 Å². The summed E-state index contributed by atoms with van der Waals surface area (Å²) in [4.78, 5) is 2.03. The minimum atomic E-state index is -0.454. The van der Waals surface area contributed by atoms with Crippen molar-refractivity contribution in [1.29, 1.82) is 5.26 Å². The summed E-state index contributed by atoms with van der Waals surface area (Å²) in [7, 11) is 0. The minimum Gasteiger partial charge on any atom is -0.375 e. The van der Waals surface area contributed by atoms with Gasteiger partial charge < -0.3 is 9.64 Å². The summed E-state index contributed by atoms with van der Waals surface area (Å²) in [6.45, 7) is 4.11. The number of hydrogen-bond acceptors (Lipinski definition) is 3. The molecule has 1 aliphatic rings. The fourth-order valence-electron chi connectivity index (χ4n) is 2.07. The van der Waals surface area contributed by atoms with E-state index in [4.69, 9.17) is 10.00 Å². The number of nitriles is 1. The third kappa shape index (κ3) is 2.40. The number of anilines is 1. The summed E-state index contributed by atoms with van der Waals surface area (Å²) < 4.78 is 19.1. The lowest BCUT2D eigenvalue weighted by atomic mass is 10.1. The average Bonchev–Trinajstić information content (AvgIpc) is 2.38. The Hall–Kier alpha value is -1.60. The summed E-state index contributed by atoms with van der Waals surface area (Å²) in [5, 5.41) is 9.01. The molecule has 1 unspecified atom stereocenters. The highest BCUT2D eigenvalue weighted by Crippen LogP contribution is 2.24. The number of hydrogen-bond donors (Lipinski definition) is 0. The molecule has 17 heavy (non-hydrogen) atoms. The van der Waals surface area contributed by atoms with Crippen molar-refractivity contribution in [3.8, 4) is 6.07 Å². The van der Waals surface area contributed by atoms with Crippen molar-refractivity contribution >= 4 is 5.69 Å². The molecule has 1 heterocycles. The van der Waals surface area contributed by atoms with Gasteiger partial charge in [-0.15, -0.1) is 0 Å². The molecule has 0 bridgehead atoms. The Morgan fingerprint density at radius 2 is 2.41 bits per heavy atom. The normalized spacial score (nSPS) is 20.1. The van der Waals surface area contributed by atoms with Gasteiger partial charge in [-0.25, -0.2) is 4.39 Å². The first-order valence-corrected chi connectivity index (χ1v) is 5.81. The quantitative estimate of drug-likeness (QED) is 0.787. The van der Waals surface area contributed by atoms with E-state index in [2.05, 4.69) is 6.92 Å². The molecule has 1 aromatic carbocycles. The SMILES string of the molecule is CCC1CN(c2cccc(F)c2C#N)CCO1. The van der Waals surface area contributed by atoms with Gasteiger partial charge in [0.1, 0.15) is 17.4 Å². The van der Waals surface area contributed by atoms with Crippen LogP contribution in [0, 0.1) is 17.1 Å². The van der Waals surface area contributed by atoms with Crippen LogP contribution in [-0.2, 0) is 4.74 Å². The van der Waals surface area contributed by atoms with E-state index in [9.17, 15) is 4.39 Å². The fourth-order valence-corrected chi connectivity index (χ4v) is 2.07. The number of morpholine rings is 1. The number of benzene rings is 1. The highest BCUT2D eigenvalue weighted by Gasteiger charge is 2.22. The number of rotatable bonds is 2. The summed E-state index contributed by atoms with van der Waals surface area (Å²) in [5.41, 5.74) is 0.804. The second kappa shape index (κ2) is 5.15. The highest BCUT2D eigenvalue weighted by atomic mass is 19.1. The lowest BCUT2D eigenvalue weighted by molar-refractivity contribution is 0.0384. The number of nitrogens with zero attached hydrogens (tertiary/aromatic N) is 2. The maximum absolute atomic E-state index is 13.5. The van der Waals surface area contributed by atoms with Crippen LogP contribution in [0.2, 0.25) is 0 Å². The summed E-state index contributed by atoms with van der Waals surface area (Å²) in [6, 6.07) is 6.69. The van der Waals surface area contributed by atoms with Crippen molar-refractivity contribution in [2.75, 3.05) is 24.6 Å². The third-order valence-corrected chi connectivity index (χ3v) is 3.04. The Balaban J connectivity index is 2.28. The zero-order valence-corrected chi connectivity index (χ0v) is 9.82. The molecule has 0 radical (unpaired) electrons. The van der Waals surface area contributed by atoms with Gasteiger partial charge in [-0.3, -0.25) is 0 Å². The molecule has 0 spiro atoms. The molecule has 1 aromatic rings. The Morgan fingerprint density at radius 1 is 1.59 bits per heavy atom. The van der Waals surface area contributed by atoms with Crippen molar-refractivity contribution in [3.05, 3.63) is 29.6 Å². The molecule has 0 aromatic heterocycles. The molecular weight excluding hydrogens is 219 g/mol. The highest BCUT2D eigenvalue weighted by molar-refractivity contribution is 5.60. The van der Waals surface area contributed by atoms with Crippen molar-refractivity contribution < 1.29 is 9.13 Å². The molecule has 1 fully saturated rings.